The predicted molar refractivity (Wildman–Crippen MR) is 112 cm³/mol. The minimum absolute atomic E-state index is 0.274. The molecule has 0 aliphatic heterocycles. The van der Waals surface area contributed by atoms with Gasteiger partial charge in [-0.2, -0.15) is 5.26 Å². The van der Waals surface area contributed by atoms with Crippen molar-refractivity contribution in [1.82, 2.24) is 14.5 Å². The van der Waals surface area contributed by atoms with Gasteiger partial charge in [-0.15, -0.1) is 11.3 Å². The van der Waals surface area contributed by atoms with E-state index < -0.39 is 0 Å². The largest absolute Gasteiger partial charge is 0.496 e. The fraction of sp³-hybridized carbons (Fsp3) is 0.190. The van der Waals surface area contributed by atoms with Crippen LogP contribution in [0.3, 0.4) is 0 Å². The number of fused-ring (bicyclic) bond motifs is 1. The predicted octanol–water partition coefficient (Wildman–Crippen LogP) is 4.60. The maximum absolute atomic E-state index is 14.5. The van der Waals surface area contributed by atoms with E-state index in [1.54, 1.807) is 19.2 Å². The molecule has 0 aliphatic rings. The Labute approximate surface area is 171 Å². The van der Waals surface area contributed by atoms with Gasteiger partial charge in [0.05, 0.1) is 23.2 Å². The van der Waals surface area contributed by atoms with Gasteiger partial charge in [0.2, 0.25) is 0 Å². The third kappa shape index (κ3) is 3.65. The summed E-state index contributed by atoms with van der Waals surface area (Å²) in [5, 5.41) is 13.0. The van der Waals surface area contributed by atoms with E-state index in [2.05, 4.69) is 21.4 Å². The zero-order chi connectivity index (χ0) is 20.4. The minimum atomic E-state index is -0.274. The van der Waals surface area contributed by atoms with Crippen LogP contribution in [0.25, 0.3) is 21.5 Å². The Kier molecular flexibility index (Phi) is 5.14. The van der Waals surface area contributed by atoms with E-state index in [1.165, 1.54) is 23.7 Å². The fourth-order valence-electron chi connectivity index (χ4n) is 3.33. The maximum Gasteiger partial charge on any atom is 0.147 e. The highest BCUT2D eigenvalue weighted by Gasteiger charge is 2.14. The number of nitrogens with zero attached hydrogens (tertiary/aromatic N) is 4. The second kappa shape index (κ2) is 7.89. The van der Waals surface area contributed by atoms with E-state index in [9.17, 15) is 4.39 Å². The van der Waals surface area contributed by atoms with Crippen molar-refractivity contribution in [3.63, 3.8) is 0 Å². The van der Waals surface area contributed by atoms with Crippen LogP contribution in [0.1, 0.15) is 10.6 Å². The van der Waals surface area contributed by atoms with Gasteiger partial charge < -0.3 is 14.6 Å². The summed E-state index contributed by atoms with van der Waals surface area (Å²) < 4.78 is 21.7. The van der Waals surface area contributed by atoms with E-state index in [0.717, 1.165) is 21.7 Å². The first-order chi connectivity index (χ1) is 14.1. The number of nitriles is 1. The highest BCUT2D eigenvalue weighted by atomic mass is 32.1. The lowest BCUT2D eigenvalue weighted by molar-refractivity contribution is 0.419. The average Bonchev–Trinajstić information content (AvgIpc) is 3.34. The summed E-state index contributed by atoms with van der Waals surface area (Å²) in [5.41, 5.74) is 2.25. The van der Waals surface area contributed by atoms with Crippen LogP contribution in [0.2, 0.25) is 0 Å². The molecule has 1 N–H and O–H groups in total. The molecule has 0 atom stereocenters. The molecule has 3 aromatic heterocycles. The van der Waals surface area contributed by atoms with Crippen molar-refractivity contribution in [3.8, 4) is 22.4 Å². The Morgan fingerprint density at radius 3 is 2.86 bits per heavy atom. The molecule has 0 aliphatic carbocycles. The standard InChI is InChI=1S/C21H18FN5OS/c1-13-9-15-18(28-2)5-4-16(22)21(15)27(13)8-7-24-20-10-17(25-12-26-20)19-6-3-14(11-23)29-19/h3-6,9-10,12H,7-8H2,1-2H3,(H,24,25,26). The summed E-state index contributed by atoms with van der Waals surface area (Å²) in [4.78, 5) is 10.1. The number of benzene rings is 1. The Balaban J connectivity index is 1.52. The summed E-state index contributed by atoms with van der Waals surface area (Å²) in [6.07, 6.45) is 1.49. The van der Waals surface area contributed by atoms with E-state index in [4.69, 9.17) is 10.00 Å². The molecule has 0 saturated heterocycles. The lowest BCUT2D eigenvalue weighted by atomic mass is 10.2. The Morgan fingerprint density at radius 1 is 1.24 bits per heavy atom. The molecule has 0 amide bonds. The number of nitrogens with one attached hydrogen (secondary N) is 1. The summed E-state index contributed by atoms with van der Waals surface area (Å²) >= 11 is 1.39. The molecule has 4 aromatic rings. The number of methoxy groups -OCH3 is 1. The normalized spacial score (nSPS) is 10.8. The van der Waals surface area contributed by atoms with E-state index in [-0.39, 0.29) is 5.82 Å². The highest BCUT2D eigenvalue weighted by molar-refractivity contribution is 7.15. The fourth-order valence-corrected chi connectivity index (χ4v) is 4.10. The SMILES string of the molecule is COc1ccc(F)c2c1cc(C)n2CCNc1cc(-c2ccc(C#N)s2)ncn1. The van der Waals surface area contributed by atoms with E-state index in [1.807, 2.05) is 29.7 Å². The topological polar surface area (TPSA) is 75.8 Å². The van der Waals surface area contributed by atoms with Gasteiger partial charge in [0.1, 0.15) is 34.7 Å². The molecule has 3 heterocycles. The smallest absolute Gasteiger partial charge is 0.147 e. The number of rotatable bonds is 6. The van der Waals surface area contributed by atoms with Crippen LogP contribution >= 0.6 is 11.3 Å². The number of aryl methyl sites for hydroxylation is 1. The van der Waals surface area contributed by atoms with E-state index in [0.29, 0.717) is 35.1 Å². The molecule has 0 unspecified atom stereocenters. The van der Waals surface area contributed by atoms with Crippen molar-refractivity contribution in [1.29, 1.82) is 5.26 Å². The lowest BCUT2D eigenvalue weighted by Gasteiger charge is -2.11. The molecule has 29 heavy (non-hydrogen) atoms. The lowest BCUT2D eigenvalue weighted by Crippen LogP contribution is -2.12. The first-order valence-electron chi connectivity index (χ1n) is 8.99. The molecular formula is C21H18FN5OS. The molecule has 6 nitrogen and oxygen atoms in total. The summed E-state index contributed by atoms with van der Waals surface area (Å²) in [7, 11) is 1.58. The number of hydrogen-bond donors (Lipinski definition) is 1. The zero-order valence-corrected chi connectivity index (χ0v) is 16.8. The van der Waals surface area contributed by atoms with Gasteiger partial charge in [-0.25, -0.2) is 14.4 Å². The van der Waals surface area contributed by atoms with Crippen LogP contribution in [-0.2, 0) is 6.54 Å². The highest BCUT2D eigenvalue weighted by Crippen LogP contribution is 2.31. The van der Waals surface area contributed by atoms with E-state index >= 15 is 0 Å². The molecule has 4 rings (SSSR count). The van der Waals surface area contributed by atoms with Crippen LogP contribution in [-0.4, -0.2) is 28.2 Å². The summed E-state index contributed by atoms with van der Waals surface area (Å²) in [6, 6.07) is 12.6. The van der Waals surface area contributed by atoms with Crippen molar-refractivity contribution in [2.75, 3.05) is 19.0 Å². The monoisotopic (exact) mass is 407 g/mol. The zero-order valence-electron chi connectivity index (χ0n) is 15.9. The second-order valence-electron chi connectivity index (χ2n) is 6.44. The quantitative estimate of drug-likeness (QED) is 0.506. The molecule has 8 heteroatoms. The first kappa shape index (κ1) is 18.9. The van der Waals surface area contributed by atoms with Gasteiger partial charge >= 0.3 is 0 Å². The number of thiophene rings is 1. The number of ether oxygens (including phenoxy) is 1. The average molecular weight is 407 g/mol. The van der Waals surface area contributed by atoms with Crippen molar-refractivity contribution in [2.24, 2.45) is 0 Å². The minimum Gasteiger partial charge on any atom is -0.496 e. The van der Waals surface area contributed by atoms with Crippen molar-refractivity contribution >= 4 is 28.1 Å². The van der Waals surface area contributed by atoms with Crippen molar-refractivity contribution in [2.45, 2.75) is 13.5 Å². The Bertz CT molecular complexity index is 1220. The molecule has 0 saturated carbocycles. The summed E-state index contributed by atoms with van der Waals surface area (Å²) in [5.74, 6) is 1.06. The first-order valence-corrected chi connectivity index (χ1v) is 9.81. The number of halogens is 1. The van der Waals surface area contributed by atoms with Crippen LogP contribution in [0.4, 0.5) is 10.2 Å². The molecule has 0 spiro atoms. The van der Waals surface area contributed by atoms with Crippen LogP contribution in [0.5, 0.6) is 5.75 Å². The third-order valence-corrected chi connectivity index (χ3v) is 5.69. The van der Waals surface area contributed by atoms with Gasteiger partial charge in [-0.05, 0) is 37.3 Å². The number of anilines is 1. The molecular weight excluding hydrogens is 389 g/mol. The van der Waals surface area contributed by atoms with Crippen LogP contribution < -0.4 is 10.1 Å². The third-order valence-electron chi connectivity index (χ3n) is 4.67. The molecule has 1 aromatic carbocycles. The Morgan fingerprint density at radius 2 is 2.10 bits per heavy atom. The van der Waals surface area contributed by atoms with Gasteiger partial charge in [0.15, 0.2) is 0 Å². The van der Waals surface area contributed by atoms with Crippen LogP contribution in [0, 0.1) is 24.1 Å². The van der Waals surface area contributed by atoms with Crippen molar-refractivity contribution < 1.29 is 9.13 Å². The summed E-state index contributed by atoms with van der Waals surface area (Å²) in [6.45, 7) is 3.08. The maximum atomic E-state index is 14.5. The molecule has 146 valence electrons. The molecule has 0 radical (unpaired) electrons. The second-order valence-corrected chi connectivity index (χ2v) is 7.52. The van der Waals surface area contributed by atoms with Gasteiger partial charge in [-0.3, -0.25) is 0 Å². The van der Waals surface area contributed by atoms with Gasteiger partial charge in [-0.1, -0.05) is 0 Å². The van der Waals surface area contributed by atoms with Crippen LogP contribution in [0.15, 0.2) is 42.7 Å². The molecule has 0 bridgehead atoms. The van der Waals surface area contributed by atoms with Crippen molar-refractivity contribution in [3.05, 3.63) is 59.1 Å². The Hall–Kier alpha value is -3.44. The van der Waals surface area contributed by atoms with Gasteiger partial charge in [0, 0.05) is 30.2 Å². The van der Waals surface area contributed by atoms with Gasteiger partial charge in [0.25, 0.3) is 0 Å². The number of hydrogen-bond acceptors (Lipinski definition) is 6. The molecule has 0 fully saturated rings. The number of aromatic nitrogens is 3.